The molecular formula is C24H26FN3O3. The first-order chi connectivity index (χ1) is 14.9. The van der Waals surface area contributed by atoms with E-state index in [1.54, 1.807) is 48.5 Å². The molecule has 0 spiro atoms. The van der Waals surface area contributed by atoms with Crippen molar-refractivity contribution in [2.24, 2.45) is 0 Å². The summed E-state index contributed by atoms with van der Waals surface area (Å²) < 4.78 is 12.9. The van der Waals surface area contributed by atoms with Crippen LogP contribution in [0.1, 0.15) is 33.2 Å². The van der Waals surface area contributed by atoms with E-state index in [1.165, 1.54) is 18.2 Å². The van der Waals surface area contributed by atoms with E-state index in [0.29, 0.717) is 30.8 Å². The van der Waals surface area contributed by atoms with E-state index in [-0.39, 0.29) is 17.3 Å². The van der Waals surface area contributed by atoms with Crippen LogP contribution in [0.2, 0.25) is 0 Å². The number of nitrogens with zero attached hydrogens (tertiary/aromatic N) is 1. The molecule has 162 valence electrons. The number of carbonyl (C=O) groups excluding carboxylic acids is 1. The Labute approximate surface area is 180 Å². The number of rotatable bonds is 9. The van der Waals surface area contributed by atoms with Gasteiger partial charge in [0.15, 0.2) is 0 Å². The predicted molar refractivity (Wildman–Crippen MR) is 117 cm³/mol. The number of benzene rings is 2. The van der Waals surface area contributed by atoms with Gasteiger partial charge in [-0.15, -0.1) is 0 Å². The van der Waals surface area contributed by atoms with E-state index in [4.69, 9.17) is 0 Å². The minimum absolute atomic E-state index is 0.0988. The van der Waals surface area contributed by atoms with Crippen LogP contribution in [0, 0.1) is 5.82 Å². The third kappa shape index (κ3) is 6.60. The summed E-state index contributed by atoms with van der Waals surface area (Å²) in [5.74, 6) is -0.424. The summed E-state index contributed by atoms with van der Waals surface area (Å²) in [4.78, 5) is 27.9. The summed E-state index contributed by atoms with van der Waals surface area (Å²) in [7, 11) is 1.72. The van der Waals surface area contributed by atoms with Gasteiger partial charge in [-0.3, -0.25) is 9.59 Å². The third-order valence-corrected chi connectivity index (χ3v) is 5.00. The van der Waals surface area contributed by atoms with E-state index in [2.05, 4.69) is 10.3 Å². The van der Waals surface area contributed by atoms with Gasteiger partial charge < -0.3 is 20.3 Å². The van der Waals surface area contributed by atoms with Gasteiger partial charge >= 0.3 is 0 Å². The Hall–Kier alpha value is -3.29. The molecule has 1 aromatic heterocycles. The second-order valence-electron chi connectivity index (χ2n) is 7.44. The fourth-order valence-electron chi connectivity index (χ4n) is 3.20. The standard InChI is InChI=1S/C24H26FN3O3/c1-28(16-18-4-11-23(30)27-14-18)24(31)20-5-2-17(3-6-20)12-13-26-15-22(29)19-7-9-21(25)10-8-19/h2-11,14,22,26,29H,12-13,15-16H2,1H3,(H,27,30)/t22-/m0/s1. The van der Waals surface area contributed by atoms with Crippen LogP contribution in [0.15, 0.2) is 71.7 Å². The van der Waals surface area contributed by atoms with Gasteiger partial charge in [0, 0.05) is 38.0 Å². The Kier molecular flexibility index (Phi) is 7.70. The maximum Gasteiger partial charge on any atom is 0.253 e. The lowest BCUT2D eigenvalue weighted by atomic mass is 10.1. The van der Waals surface area contributed by atoms with Crippen molar-refractivity contribution in [2.45, 2.75) is 19.1 Å². The zero-order valence-corrected chi connectivity index (χ0v) is 17.3. The summed E-state index contributed by atoms with van der Waals surface area (Å²) in [6.07, 6.45) is 1.66. The molecule has 7 heteroatoms. The molecule has 1 heterocycles. The molecule has 0 unspecified atom stereocenters. The largest absolute Gasteiger partial charge is 0.387 e. The van der Waals surface area contributed by atoms with E-state index in [0.717, 1.165) is 17.5 Å². The van der Waals surface area contributed by atoms with Gasteiger partial charge in [-0.2, -0.15) is 0 Å². The molecule has 0 fully saturated rings. The second kappa shape index (κ2) is 10.7. The van der Waals surface area contributed by atoms with Crippen LogP contribution in [0.5, 0.6) is 0 Å². The van der Waals surface area contributed by atoms with Crippen LogP contribution in [0.4, 0.5) is 4.39 Å². The number of carbonyl (C=O) groups is 1. The molecule has 31 heavy (non-hydrogen) atoms. The summed E-state index contributed by atoms with van der Waals surface area (Å²) in [6.45, 7) is 1.44. The fourth-order valence-corrected chi connectivity index (χ4v) is 3.20. The van der Waals surface area contributed by atoms with E-state index >= 15 is 0 Å². The van der Waals surface area contributed by atoms with Crippen molar-refractivity contribution in [2.75, 3.05) is 20.1 Å². The van der Waals surface area contributed by atoms with Crippen LogP contribution in [-0.2, 0) is 13.0 Å². The number of H-pyrrole nitrogens is 1. The summed E-state index contributed by atoms with van der Waals surface area (Å²) in [5.41, 5.74) is 3.01. The third-order valence-electron chi connectivity index (χ3n) is 5.00. The first kappa shape index (κ1) is 22.4. The van der Waals surface area contributed by atoms with E-state index < -0.39 is 6.10 Å². The van der Waals surface area contributed by atoms with E-state index in [1.807, 2.05) is 12.1 Å². The zero-order chi connectivity index (χ0) is 22.2. The molecule has 0 bridgehead atoms. The van der Waals surface area contributed by atoms with Gasteiger partial charge in [-0.05, 0) is 53.9 Å². The lowest BCUT2D eigenvalue weighted by molar-refractivity contribution is 0.0785. The van der Waals surface area contributed by atoms with Crippen molar-refractivity contribution >= 4 is 5.91 Å². The first-order valence-electron chi connectivity index (χ1n) is 10.1. The number of nitrogens with one attached hydrogen (secondary N) is 2. The molecule has 1 atom stereocenters. The summed E-state index contributed by atoms with van der Waals surface area (Å²) in [6, 6.07) is 16.4. The molecule has 0 aliphatic heterocycles. The van der Waals surface area contributed by atoms with Crippen molar-refractivity contribution in [3.8, 4) is 0 Å². The van der Waals surface area contributed by atoms with E-state index in [9.17, 15) is 19.1 Å². The number of hydrogen-bond donors (Lipinski definition) is 3. The summed E-state index contributed by atoms with van der Waals surface area (Å²) >= 11 is 0. The van der Waals surface area contributed by atoms with Crippen molar-refractivity contribution in [1.82, 2.24) is 15.2 Å². The number of aromatic nitrogens is 1. The van der Waals surface area contributed by atoms with Gasteiger partial charge in [0.25, 0.3) is 5.91 Å². The zero-order valence-electron chi connectivity index (χ0n) is 17.3. The number of amides is 1. The molecule has 2 aromatic carbocycles. The normalized spacial score (nSPS) is 11.8. The smallest absolute Gasteiger partial charge is 0.253 e. The van der Waals surface area contributed by atoms with Crippen molar-refractivity contribution in [1.29, 1.82) is 0 Å². The monoisotopic (exact) mass is 423 g/mol. The van der Waals surface area contributed by atoms with Crippen LogP contribution in [0.3, 0.4) is 0 Å². The molecule has 3 rings (SSSR count). The molecular weight excluding hydrogens is 397 g/mol. The maximum absolute atomic E-state index is 12.9. The van der Waals surface area contributed by atoms with Gasteiger partial charge in [-0.1, -0.05) is 30.3 Å². The number of pyridine rings is 1. The molecule has 0 aliphatic rings. The number of aromatic amines is 1. The van der Waals surface area contributed by atoms with Crippen LogP contribution in [0.25, 0.3) is 0 Å². The molecule has 6 nitrogen and oxygen atoms in total. The second-order valence-corrected chi connectivity index (χ2v) is 7.44. The lowest BCUT2D eigenvalue weighted by Crippen LogP contribution is -2.26. The Bertz CT molecular complexity index is 1030. The Morgan fingerprint density at radius 2 is 1.74 bits per heavy atom. The van der Waals surface area contributed by atoms with Gasteiger partial charge in [0.2, 0.25) is 5.56 Å². The molecule has 0 radical (unpaired) electrons. The minimum atomic E-state index is -0.696. The minimum Gasteiger partial charge on any atom is -0.387 e. The van der Waals surface area contributed by atoms with Gasteiger partial charge in [-0.25, -0.2) is 4.39 Å². The fraction of sp³-hybridized carbons (Fsp3) is 0.250. The predicted octanol–water partition coefficient (Wildman–Crippen LogP) is 2.65. The first-order valence-corrected chi connectivity index (χ1v) is 10.1. The Morgan fingerprint density at radius 1 is 1.06 bits per heavy atom. The topological polar surface area (TPSA) is 85.4 Å². The molecule has 3 N–H and O–H groups in total. The van der Waals surface area contributed by atoms with Gasteiger partial charge in [0.05, 0.1) is 6.10 Å². The van der Waals surface area contributed by atoms with Crippen LogP contribution in [-0.4, -0.2) is 41.0 Å². The molecule has 0 saturated carbocycles. The quantitative estimate of drug-likeness (QED) is 0.462. The molecule has 1 amide bonds. The highest BCUT2D eigenvalue weighted by molar-refractivity contribution is 5.94. The Balaban J connectivity index is 1.44. The highest BCUT2D eigenvalue weighted by Crippen LogP contribution is 2.13. The highest BCUT2D eigenvalue weighted by Gasteiger charge is 2.12. The Morgan fingerprint density at radius 3 is 2.39 bits per heavy atom. The number of halogens is 1. The molecule has 0 saturated heterocycles. The average molecular weight is 423 g/mol. The van der Waals surface area contributed by atoms with Gasteiger partial charge in [0.1, 0.15) is 5.82 Å². The SMILES string of the molecule is CN(Cc1ccc(=O)[nH]c1)C(=O)c1ccc(CCNC[C@H](O)c2ccc(F)cc2)cc1. The molecule has 0 aliphatic carbocycles. The van der Waals surface area contributed by atoms with Crippen LogP contribution >= 0.6 is 0 Å². The van der Waals surface area contributed by atoms with Crippen molar-refractivity contribution in [3.05, 3.63) is 105 Å². The summed E-state index contributed by atoms with van der Waals surface area (Å²) in [5, 5.41) is 13.3. The van der Waals surface area contributed by atoms with Crippen molar-refractivity contribution in [3.63, 3.8) is 0 Å². The van der Waals surface area contributed by atoms with Crippen LogP contribution < -0.4 is 10.9 Å². The number of aliphatic hydroxyl groups excluding tert-OH is 1. The molecule has 3 aromatic rings. The number of aliphatic hydroxyl groups is 1. The lowest BCUT2D eigenvalue weighted by Gasteiger charge is -2.17. The highest BCUT2D eigenvalue weighted by atomic mass is 19.1. The maximum atomic E-state index is 12.9. The average Bonchev–Trinajstić information content (AvgIpc) is 2.78. The number of hydrogen-bond acceptors (Lipinski definition) is 4. The van der Waals surface area contributed by atoms with Crippen molar-refractivity contribution < 1.29 is 14.3 Å².